The number of anilines is 1. The van der Waals surface area contributed by atoms with Crippen LogP contribution in [0.2, 0.25) is 0 Å². The first-order valence-corrected chi connectivity index (χ1v) is 7.19. The number of amides is 1. The largest absolute Gasteiger partial charge is 0.493 e. The molecule has 0 spiro atoms. The van der Waals surface area contributed by atoms with Gasteiger partial charge in [-0.15, -0.1) is 0 Å². The van der Waals surface area contributed by atoms with Crippen LogP contribution in [0.4, 0.5) is 5.82 Å². The van der Waals surface area contributed by atoms with Gasteiger partial charge in [-0.1, -0.05) is 0 Å². The van der Waals surface area contributed by atoms with Crippen LogP contribution in [-0.4, -0.2) is 51.2 Å². The SMILES string of the molecule is COCC(=O)Nc1n[nH]c(C)c1-c1cc(OC)c(OC)c(OC)c1. The van der Waals surface area contributed by atoms with Crippen molar-refractivity contribution < 1.29 is 23.7 Å². The minimum atomic E-state index is -0.294. The zero-order valence-electron chi connectivity index (χ0n) is 14.4. The van der Waals surface area contributed by atoms with Crippen LogP contribution in [0.25, 0.3) is 11.1 Å². The van der Waals surface area contributed by atoms with Crippen LogP contribution in [0.1, 0.15) is 5.69 Å². The van der Waals surface area contributed by atoms with E-state index in [0.29, 0.717) is 23.1 Å². The monoisotopic (exact) mass is 335 g/mol. The summed E-state index contributed by atoms with van der Waals surface area (Å²) in [6.45, 7) is 1.80. The maximum atomic E-state index is 11.8. The van der Waals surface area contributed by atoms with Crippen molar-refractivity contribution in [3.05, 3.63) is 17.8 Å². The highest BCUT2D eigenvalue weighted by molar-refractivity contribution is 5.95. The number of nitrogens with one attached hydrogen (secondary N) is 2. The van der Waals surface area contributed by atoms with Gasteiger partial charge in [0, 0.05) is 18.4 Å². The summed E-state index contributed by atoms with van der Waals surface area (Å²) in [5, 5.41) is 9.73. The highest BCUT2D eigenvalue weighted by Gasteiger charge is 2.20. The lowest BCUT2D eigenvalue weighted by Crippen LogP contribution is -2.17. The number of rotatable bonds is 7. The zero-order valence-corrected chi connectivity index (χ0v) is 14.4. The van der Waals surface area contributed by atoms with Gasteiger partial charge in [0.15, 0.2) is 17.3 Å². The molecule has 0 aliphatic carbocycles. The molecule has 0 unspecified atom stereocenters. The Morgan fingerprint density at radius 2 is 1.75 bits per heavy atom. The summed E-state index contributed by atoms with van der Waals surface area (Å²) in [4.78, 5) is 11.8. The molecule has 2 aromatic rings. The van der Waals surface area contributed by atoms with E-state index in [-0.39, 0.29) is 12.5 Å². The minimum Gasteiger partial charge on any atom is -0.493 e. The Bertz CT molecular complexity index is 701. The Morgan fingerprint density at radius 3 is 2.25 bits per heavy atom. The highest BCUT2D eigenvalue weighted by atomic mass is 16.5. The van der Waals surface area contributed by atoms with E-state index in [1.165, 1.54) is 7.11 Å². The molecule has 8 nitrogen and oxygen atoms in total. The van der Waals surface area contributed by atoms with E-state index in [2.05, 4.69) is 15.5 Å². The highest BCUT2D eigenvalue weighted by Crippen LogP contribution is 2.43. The van der Waals surface area contributed by atoms with Gasteiger partial charge in [0.05, 0.1) is 21.3 Å². The van der Waals surface area contributed by atoms with Crippen molar-refractivity contribution in [2.24, 2.45) is 0 Å². The van der Waals surface area contributed by atoms with Gasteiger partial charge in [0.1, 0.15) is 6.61 Å². The van der Waals surface area contributed by atoms with Crippen molar-refractivity contribution >= 4 is 11.7 Å². The fraction of sp³-hybridized carbons (Fsp3) is 0.375. The number of nitrogens with zero attached hydrogens (tertiary/aromatic N) is 1. The van der Waals surface area contributed by atoms with Gasteiger partial charge in [0.25, 0.3) is 5.91 Å². The van der Waals surface area contributed by atoms with Gasteiger partial charge >= 0.3 is 0 Å². The maximum absolute atomic E-state index is 11.8. The van der Waals surface area contributed by atoms with E-state index in [4.69, 9.17) is 18.9 Å². The molecule has 1 amide bonds. The average molecular weight is 335 g/mol. The number of methoxy groups -OCH3 is 4. The number of aryl methyl sites for hydroxylation is 1. The molecule has 8 heteroatoms. The van der Waals surface area contributed by atoms with Crippen molar-refractivity contribution in [2.45, 2.75) is 6.92 Å². The summed E-state index contributed by atoms with van der Waals surface area (Å²) < 4.78 is 20.9. The van der Waals surface area contributed by atoms with Gasteiger partial charge in [-0.25, -0.2) is 0 Å². The Hall–Kier alpha value is -2.74. The first-order valence-electron chi connectivity index (χ1n) is 7.19. The number of hydrogen-bond acceptors (Lipinski definition) is 6. The first-order chi connectivity index (χ1) is 11.5. The minimum absolute atomic E-state index is 0.0550. The second-order valence-electron chi connectivity index (χ2n) is 4.97. The molecular weight excluding hydrogens is 314 g/mol. The summed E-state index contributed by atoms with van der Waals surface area (Å²) in [6, 6.07) is 3.59. The maximum Gasteiger partial charge on any atom is 0.251 e. The molecular formula is C16H21N3O5. The van der Waals surface area contributed by atoms with Crippen molar-refractivity contribution in [3.63, 3.8) is 0 Å². The standard InChI is InChI=1S/C16H21N3O5/c1-9-14(16(19-18-9)17-13(20)8-21-2)10-6-11(22-3)15(24-5)12(7-10)23-4/h6-7H,8H2,1-5H3,(H2,17,18,19,20). The smallest absolute Gasteiger partial charge is 0.251 e. The number of carbonyl (C=O) groups excluding carboxylic acids is 1. The molecule has 0 saturated carbocycles. The molecule has 1 aromatic heterocycles. The van der Waals surface area contributed by atoms with Crippen molar-refractivity contribution in [1.29, 1.82) is 0 Å². The predicted molar refractivity (Wildman–Crippen MR) is 88.9 cm³/mol. The number of aromatic nitrogens is 2. The number of benzene rings is 1. The summed E-state index contributed by atoms with van der Waals surface area (Å²) in [7, 11) is 6.09. The normalized spacial score (nSPS) is 10.4. The zero-order chi connectivity index (χ0) is 17.7. The van der Waals surface area contributed by atoms with Gasteiger partial charge in [0.2, 0.25) is 5.75 Å². The van der Waals surface area contributed by atoms with Gasteiger partial charge in [-0.3, -0.25) is 9.89 Å². The molecule has 2 rings (SSSR count). The van der Waals surface area contributed by atoms with Crippen LogP contribution < -0.4 is 19.5 Å². The Balaban J connectivity index is 2.52. The molecule has 1 aromatic carbocycles. The third-order valence-corrected chi connectivity index (χ3v) is 3.43. The molecule has 130 valence electrons. The van der Waals surface area contributed by atoms with Gasteiger partial charge in [-0.05, 0) is 24.6 Å². The summed E-state index contributed by atoms with van der Waals surface area (Å²) in [5.74, 6) is 1.64. The lowest BCUT2D eigenvalue weighted by molar-refractivity contribution is -0.119. The number of H-pyrrole nitrogens is 1. The van der Waals surface area contributed by atoms with E-state index >= 15 is 0 Å². The van der Waals surface area contributed by atoms with Crippen LogP contribution in [0.15, 0.2) is 12.1 Å². The molecule has 1 heterocycles. The third kappa shape index (κ3) is 3.43. The van der Waals surface area contributed by atoms with E-state index < -0.39 is 0 Å². The quantitative estimate of drug-likeness (QED) is 0.803. The molecule has 0 fully saturated rings. The third-order valence-electron chi connectivity index (χ3n) is 3.43. The van der Waals surface area contributed by atoms with E-state index in [0.717, 1.165) is 16.8 Å². The van der Waals surface area contributed by atoms with Crippen LogP contribution in [-0.2, 0) is 9.53 Å². The molecule has 0 radical (unpaired) electrons. The summed E-state index contributed by atoms with van der Waals surface area (Å²) in [6.07, 6.45) is 0. The van der Waals surface area contributed by atoms with Crippen molar-refractivity contribution in [2.75, 3.05) is 40.4 Å². The van der Waals surface area contributed by atoms with E-state index in [1.54, 1.807) is 33.5 Å². The molecule has 0 atom stereocenters. The van der Waals surface area contributed by atoms with Crippen LogP contribution in [0.5, 0.6) is 17.2 Å². The fourth-order valence-corrected chi connectivity index (χ4v) is 2.40. The Labute approximate surface area is 140 Å². The van der Waals surface area contributed by atoms with Crippen LogP contribution >= 0.6 is 0 Å². The Morgan fingerprint density at radius 1 is 1.12 bits per heavy atom. The predicted octanol–water partition coefficient (Wildman–Crippen LogP) is 2.00. The second kappa shape index (κ2) is 7.69. The second-order valence-corrected chi connectivity index (χ2v) is 4.97. The van der Waals surface area contributed by atoms with Crippen molar-refractivity contribution in [3.8, 4) is 28.4 Å². The number of carbonyl (C=O) groups is 1. The Kier molecular flexibility index (Phi) is 5.64. The van der Waals surface area contributed by atoms with Gasteiger partial charge < -0.3 is 24.3 Å². The molecule has 24 heavy (non-hydrogen) atoms. The van der Waals surface area contributed by atoms with E-state index in [9.17, 15) is 4.79 Å². The number of aromatic amines is 1. The number of hydrogen-bond donors (Lipinski definition) is 2. The van der Waals surface area contributed by atoms with Crippen LogP contribution in [0.3, 0.4) is 0 Å². The average Bonchev–Trinajstić information content (AvgIpc) is 2.93. The summed E-state index contributed by atoms with van der Waals surface area (Å²) >= 11 is 0. The van der Waals surface area contributed by atoms with Crippen molar-refractivity contribution in [1.82, 2.24) is 10.2 Å². The molecule has 2 N–H and O–H groups in total. The molecule has 0 saturated heterocycles. The fourth-order valence-electron chi connectivity index (χ4n) is 2.40. The van der Waals surface area contributed by atoms with Gasteiger partial charge in [-0.2, -0.15) is 5.10 Å². The lowest BCUT2D eigenvalue weighted by atomic mass is 10.0. The lowest BCUT2D eigenvalue weighted by Gasteiger charge is -2.14. The first kappa shape index (κ1) is 17.6. The number of ether oxygens (including phenoxy) is 4. The molecule has 0 bridgehead atoms. The molecule has 0 aliphatic heterocycles. The molecule has 0 aliphatic rings. The topological polar surface area (TPSA) is 94.7 Å². The van der Waals surface area contributed by atoms with E-state index in [1.807, 2.05) is 6.92 Å². The summed E-state index contributed by atoms with van der Waals surface area (Å²) in [5.41, 5.74) is 2.29. The van der Waals surface area contributed by atoms with Crippen LogP contribution in [0, 0.1) is 6.92 Å².